The van der Waals surface area contributed by atoms with Crippen molar-refractivity contribution in [3.8, 4) is 0 Å². The van der Waals surface area contributed by atoms with Crippen molar-refractivity contribution in [3.63, 3.8) is 0 Å². The lowest BCUT2D eigenvalue weighted by Gasteiger charge is -2.33. The van der Waals surface area contributed by atoms with E-state index in [2.05, 4.69) is 15.4 Å². The number of nitrogens with one attached hydrogen (secondary N) is 1. The maximum absolute atomic E-state index is 12.7. The first-order chi connectivity index (χ1) is 12.1. The van der Waals surface area contributed by atoms with Gasteiger partial charge in [-0.25, -0.2) is 14.5 Å². The number of morpholine rings is 1. The maximum Gasteiger partial charge on any atom is 0.318 e. The zero-order valence-corrected chi connectivity index (χ0v) is 14.6. The minimum atomic E-state index is -0.217. The summed E-state index contributed by atoms with van der Waals surface area (Å²) in [6.45, 7) is 6.19. The fourth-order valence-electron chi connectivity index (χ4n) is 3.48. The summed E-state index contributed by atoms with van der Waals surface area (Å²) in [5, 5.41) is 7.50. The van der Waals surface area contributed by atoms with Crippen LogP contribution >= 0.6 is 0 Å². The molecule has 2 amide bonds. The Hall–Kier alpha value is -2.35. The third kappa shape index (κ3) is 3.26. The van der Waals surface area contributed by atoms with Crippen molar-refractivity contribution in [2.45, 2.75) is 45.4 Å². The number of hydrogen-bond donors (Lipinski definition) is 1. The minimum absolute atomic E-state index is 0.0873. The first-order valence-electron chi connectivity index (χ1n) is 8.75. The molecule has 2 aliphatic heterocycles. The number of carbonyl (C=O) groups excluding carboxylic acids is 1. The van der Waals surface area contributed by atoms with E-state index in [0.29, 0.717) is 19.7 Å². The van der Waals surface area contributed by atoms with Crippen molar-refractivity contribution in [2.24, 2.45) is 0 Å². The summed E-state index contributed by atoms with van der Waals surface area (Å²) in [5.74, 6) is 3.21. The Morgan fingerprint density at radius 3 is 3.00 bits per heavy atom. The average Bonchev–Trinajstić information content (AvgIpc) is 3.20. The number of aromatic nitrogens is 3. The smallest absolute Gasteiger partial charge is 0.318 e. The monoisotopic (exact) mass is 345 g/mol. The highest BCUT2D eigenvalue weighted by atomic mass is 16.5. The molecular formula is C17H23N5O3. The van der Waals surface area contributed by atoms with Gasteiger partial charge in [0.25, 0.3) is 0 Å². The molecule has 0 aromatic carbocycles. The molecule has 0 unspecified atom stereocenters. The van der Waals surface area contributed by atoms with Gasteiger partial charge in [-0.15, -0.1) is 0 Å². The quantitative estimate of drug-likeness (QED) is 0.901. The zero-order valence-electron chi connectivity index (χ0n) is 14.6. The standard InChI is InChI=1S/C17H23N5O3/c1-11-5-6-14(25-11)15-10-21(8-9-24-15)17(23)19-13-4-3-7-22-16(13)18-12(2)20-22/h5-6,13,15H,3-4,7-10H2,1-2H3,(H,19,23)/t13-,15+/m0/s1. The molecule has 2 aliphatic rings. The molecule has 8 nitrogen and oxygen atoms in total. The van der Waals surface area contributed by atoms with Gasteiger partial charge in [0.05, 0.1) is 19.2 Å². The molecule has 1 fully saturated rings. The van der Waals surface area contributed by atoms with Crippen LogP contribution < -0.4 is 5.32 Å². The van der Waals surface area contributed by atoms with Crippen LogP contribution in [-0.4, -0.2) is 45.4 Å². The predicted molar refractivity (Wildman–Crippen MR) is 89.0 cm³/mol. The second kappa shape index (κ2) is 6.51. The van der Waals surface area contributed by atoms with E-state index in [0.717, 1.165) is 42.6 Å². The summed E-state index contributed by atoms with van der Waals surface area (Å²) in [5.41, 5.74) is 0. The number of hydrogen-bond acceptors (Lipinski definition) is 5. The SMILES string of the molecule is Cc1nc2n(n1)CCC[C@@H]2NC(=O)N1CCO[C@@H](c2ccc(C)o2)C1. The number of rotatable bonds is 2. The Labute approximate surface area is 146 Å². The second-order valence-corrected chi connectivity index (χ2v) is 6.64. The Bertz CT molecular complexity index is 768. The summed E-state index contributed by atoms with van der Waals surface area (Å²) in [6.07, 6.45) is 1.65. The normalized spacial score (nSPS) is 23.4. The molecule has 0 saturated carbocycles. The highest BCUT2D eigenvalue weighted by Gasteiger charge is 2.31. The number of ether oxygens (including phenoxy) is 1. The number of aryl methyl sites for hydroxylation is 3. The van der Waals surface area contributed by atoms with E-state index in [1.165, 1.54) is 0 Å². The van der Waals surface area contributed by atoms with E-state index in [1.54, 1.807) is 4.90 Å². The molecule has 2 aromatic heterocycles. The van der Waals surface area contributed by atoms with E-state index in [4.69, 9.17) is 9.15 Å². The Morgan fingerprint density at radius 2 is 2.20 bits per heavy atom. The van der Waals surface area contributed by atoms with Crippen LogP contribution in [0.4, 0.5) is 4.79 Å². The van der Waals surface area contributed by atoms with Crippen LogP contribution in [0.15, 0.2) is 16.5 Å². The number of fused-ring (bicyclic) bond motifs is 1. The molecule has 25 heavy (non-hydrogen) atoms. The van der Waals surface area contributed by atoms with Gasteiger partial charge in [-0.05, 0) is 38.8 Å². The van der Waals surface area contributed by atoms with Crippen LogP contribution in [0.2, 0.25) is 0 Å². The largest absolute Gasteiger partial charge is 0.464 e. The minimum Gasteiger partial charge on any atom is -0.464 e. The van der Waals surface area contributed by atoms with Gasteiger partial charge >= 0.3 is 6.03 Å². The summed E-state index contributed by atoms with van der Waals surface area (Å²) >= 11 is 0. The van der Waals surface area contributed by atoms with Gasteiger partial charge in [-0.2, -0.15) is 5.10 Å². The van der Waals surface area contributed by atoms with Gasteiger partial charge < -0.3 is 19.4 Å². The van der Waals surface area contributed by atoms with Gasteiger partial charge in [0.1, 0.15) is 29.3 Å². The van der Waals surface area contributed by atoms with Crippen molar-refractivity contribution in [1.82, 2.24) is 25.0 Å². The summed E-state index contributed by atoms with van der Waals surface area (Å²) in [4.78, 5) is 19.0. The first-order valence-corrected chi connectivity index (χ1v) is 8.75. The van der Waals surface area contributed by atoms with Crippen LogP contribution in [0.3, 0.4) is 0 Å². The Kier molecular flexibility index (Phi) is 4.20. The molecule has 4 heterocycles. The fraction of sp³-hybridized carbons (Fsp3) is 0.588. The van der Waals surface area contributed by atoms with Crippen LogP contribution in [-0.2, 0) is 11.3 Å². The van der Waals surface area contributed by atoms with E-state index >= 15 is 0 Å². The zero-order chi connectivity index (χ0) is 17.4. The van der Waals surface area contributed by atoms with E-state index < -0.39 is 0 Å². The molecule has 1 N–H and O–H groups in total. The van der Waals surface area contributed by atoms with Gasteiger partial charge in [-0.3, -0.25) is 0 Å². The molecule has 1 saturated heterocycles. The number of urea groups is 1. The van der Waals surface area contributed by atoms with Crippen LogP contribution in [0.1, 0.15) is 48.2 Å². The van der Waals surface area contributed by atoms with Crippen molar-refractivity contribution in [1.29, 1.82) is 0 Å². The highest BCUT2D eigenvalue weighted by molar-refractivity contribution is 5.74. The summed E-state index contributed by atoms with van der Waals surface area (Å²) in [6, 6.07) is 3.65. The summed E-state index contributed by atoms with van der Waals surface area (Å²) < 4.78 is 13.3. The maximum atomic E-state index is 12.7. The number of carbonyl (C=O) groups is 1. The first kappa shape index (κ1) is 16.1. The van der Waals surface area contributed by atoms with Crippen molar-refractivity contribution in [2.75, 3.05) is 19.7 Å². The van der Waals surface area contributed by atoms with E-state index in [1.807, 2.05) is 30.7 Å². The lowest BCUT2D eigenvalue weighted by atomic mass is 10.1. The predicted octanol–water partition coefficient (Wildman–Crippen LogP) is 2.11. The Balaban J connectivity index is 1.43. The second-order valence-electron chi connectivity index (χ2n) is 6.64. The molecular weight excluding hydrogens is 322 g/mol. The van der Waals surface area contributed by atoms with Gasteiger partial charge in [0, 0.05) is 13.1 Å². The third-order valence-corrected chi connectivity index (χ3v) is 4.71. The topological polar surface area (TPSA) is 85.4 Å². The molecule has 2 aromatic rings. The van der Waals surface area contributed by atoms with Crippen LogP contribution in [0, 0.1) is 13.8 Å². The summed E-state index contributed by atoms with van der Waals surface area (Å²) in [7, 11) is 0. The number of furan rings is 1. The van der Waals surface area contributed by atoms with Crippen molar-refractivity contribution >= 4 is 6.03 Å². The molecule has 0 spiro atoms. The molecule has 0 bridgehead atoms. The number of amides is 2. The van der Waals surface area contributed by atoms with Gasteiger partial charge in [0.15, 0.2) is 0 Å². The lowest BCUT2D eigenvalue weighted by Crippen LogP contribution is -2.48. The molecule has 134 valence electrons. The average molecular weight is 345 g/mol. The van der Waals surface area contributed by atoms with E-state index in [-0.39, 0.29) is 18.2 Å². The van der Waals surface area contributed by atoms with Crippen LogP contribution in [0.5, 0.6) is 0 Å². The van der Waals surface area contributed by atoms with Crippen molar-refractivity contribution in [3.05, 3.63) is 35.3 Å². The number of nitrogens with zero attached hydrogens (tertiary/aromatic N) is 4. The molecule has 4 rings (SSSR count). The van der Waals surface area contributed by atoms with E-state index in [9.17, 15) is 4.79 Å². The third-order valence-electron chi connectivity index (χ3n) is 4.71. The highest BCUT2D eigenvalue weighted by Crippen LogP contribution is 2.26. The molecule has 0 aliphatic carbocycles. The molecule has 2 atom stereocenters. The molecule has 8 heteroatoms. The molecule has 0 radical (unpaired) electrons. The van der Waals surface area contributed by atoms with Crippen molar-refractivity contribution < 1.29 is 13.9 Å². The Morgan fingerprint density at radius 1 is 1.32 bits per heavy atom. The fourth-order valence-corrected chi connectivity index (χ4v) is 3.48. The van der Waals surface area contributed by atoms with Gasteiger partial charge in [-0.1, -0.05) is 0 Å². The lowest BCUT2D eigenvalue weighted by molar-refractivity contribution is -0.0267. The van der Waals surface area contributed by atoms with Gasteiger partial charge in [0.2, 0.25) is 0 Å². The van der Waals surface area contributed by atoms with Crippen LogP contribution in [0.25, 0.3) is 0 Å².